The van der Waals surface area contributed by atoms with Crippen molar-refractivity contribution in [3.63, 3.8) is 0 Å². The molecule has 0 aliphatic rings. The van der Waals surface area contributed by atoms with E-state index in [0.29, 0.717) is 17.9 Å². The molecule has 0 fully saturated rings. The first-order valence-electron chi connectivity index (χ1n) is 12.8. The smallest absolute Gasteiger partial charge is 0.261 e. The molecule has 0 aliphatic heterocycles. The van der Waals surface area contributed by atoms with Crippen molar-refractivity contribution in [2.75, 3.05) is 13.7 Å². The fourth-order valence-corrected chi connectivity index (χ4v) is 3.99. The highest BCUT2D eigenvalue weighted by atomic mass is 16.5. The van der Waals surface area contributed by atoms with Gasteiger partial charge in [-0.15, -0.1) is 0 Å². The average Bonchev–Trinajstić information content (AvgIpc) is 2.91. The van der Waals surface area contributed by atoms with Crippen molar-refractivity contribution in [1.29, 1.82) is 0 Å². The van der Waals surface area contributed by atoms with E-state index in [4.69, 9.17) is 9.47 Å². The maximum Gasteiger partial charge on any atom is 0.261 e. The molecular weight excluding hydrogens is 464 g/mol. The summed E-state index contributed by atoms with van der Waals surface area (Å²) < 4.78 is 11.3. The van der Waals surface area contributed by atoms with E-state index >= 15 is 0 Å². The van der Waals surface area contributed by atoms with Crippen LogP contribution in [0, 0.1) is 13.8 Å². The molecule has 196 valence electrons. The van der Waals surface area contributed by atoms with Crippen LogP contribution in [0.15, 0.2) is 72.8 Å². The van der Waals surface area contributed by atoms with Gasteiger partial charge in [-0.2, -0.15) is 0 Å². The van der Waals surface area contributed by atoms with Gasteiger partial charge in [-0.3, -0.25) is 9.59 Å². The Kier molecular flexibility index (Phi) is 10.1. The van der Waals surface area contributed by atoms with Crippen molar-refractivity contribution in [3.05, 3.63) is 95.1 Å². The van der Waals surface area contributed by atoms with Gasteiger partial charge in [0.2, 0.25) is 5.91 Å². The molecule has 0 saturated carbocycles. The number of carbonyl (C=O) groups is 2. The predicted molar refractivity (Wildman–Crippen MR) is 147 cm³/mol. The molecular formula is C31H38N2O4. The van der Waals surface area contributed by atoms with Gasteiger partial charge in [0.1, 0.15) is 17.5 Å². The average molecular weight is 503 g/mol. The Bertz CT molecular complexity index is 1180. The van der Waals surface area contributed by atoms with E-state index in [9.17, 15) is 9.59 Å². The number of benzene rings is 3. The molecule has 3 rings (SSSR count). The van der Waals surface area contributed by atoms with Crippen molar-refractivity contribution in [2.24, 2.45) is 0 Å². The van der Waals surface area contributed by atoms with Crippen LogP contribution in [0.2, 0.25) is 0 Å². The Labute approximate surface area is 220 Å². The van der Waals surface area contributed by atoms with Gasteiger partial charge in [0, 0.05) is 19.0 Å². The summed E-state index contributed by atoms with van der Waals surface area (Å²) in [4.78, 5) is 28.9. The van der Waals surface area contributed by atoms with Gasteiger partial charge in [-0.1, -0.05) is 55.5 Å². The second-order valence-electron chi connectivity index (χ2n) is 9.43. The fourth-order valence-electron chi connectivity index (χ4n) is 3.99. The van der Waals surface area contributed by atoms with Gasteiger partial charge < -0.3 is 19.7 Å². The normalized spacial score (nSPS) is 12.4. The van der Waals surface area contributed by atoms with Crippen LogP contribution in [0.5, 0.6) is 11.5 Å². The number of nitrogens with zero attached hydrogens (tertiary/aromatic N) is 1. The van der Waals surface area contributed by atoms with Crippen molar-refractivity contribution >= 4 is 11.8 Å². The molecule has 6 heteroatoms. The minimum atomic E-state index is -0.710. The summed E-state index contributed by atoms with van der Waals surface area (Å²) in [6.45, 7) is 8.10. The molecule has 2 atom stereocenters. The Morgan fingerprint density at radius 2 is 1.62 bits per heavy atom. The zero-order chi connectivity index (χ0) is 26.8. The van der Waals surface area contributed by atoms with Crippen LogP contribution in [0.1, 0.15) is 42.5 Å². The Morgan fingerprint density at radius 3 is 2.30 bits per heavy atom. The first-order chi connectivity index (χ1) is 17.8. The molecule has 0 spiro atoms. The summed E-state index contributed by atoms with van der Waals surface area (Å²) in [6, 6.07) is 22.4. The lowest BCUT2D eigenvalue weighted by molar-refractivity contribution is -0.143. The SMILES string of the molecule is CC[C@H](C)NC(=O)[C@@H](Cc1ccccc1)N(Cc1cccc(OC)c1)C(=O)COc1ccc(C)c(C)c1. The number of hydrogen-bond donors (Lipinski definition) is 1. The Balaban J connectivity index is 1.93. The number of rotatable bonds is 12. The summed E-state index contributed by atoms with van der Waals surface area (Å²) in [5.74, 6) is 0.878. The molecule has 37 heavy (non-hydrogen) atoms. The lowest BCUT2D eigenvalue weighted by Gasteiger charge is -2.32. The number of methoxy groups -OCH3 is 1. The molecule has 6 nitrogen and oxygen atoms in total. The zero-order valence-electron chi connectivity index (χ0n) is 22.5. The minimum absolute atomic E-state index is 0.00803. The third-order valence-electron chi connectivity index (χ3n) is 6.60. The van der Waals surface area contributed by atoms with Crippen LogP contribution in [-0.4, -0.2) is 42.5 Å². The highest BCUT2D eigenvalue weighted by Gasteiger charge is 2.31. The van der Waals surface area contributed by atoms with Crippen LogP contribution in [0.3, 0.4) is 0 Å². The first kappa shape index (κ1) is 27.8. The van der Waals surface area contributed by atoms with E-state index in [2.05, 4.69) is 5.32 Å². The van der Waals surface area contributed by atoms with Gasteiger partial charge >= 0.3 is 0 Å². The van der Waals surface area contributed by atoms with Gasteiger partial charge in [0.15, 0.2) is 6.61 Å². The van der Waals surface area contributed by atoms with Crippen LogP contribution < -0.4 is 14.8 Å². The number of nitrogens with one attached hydrogen (secondary N) is 1. The summed E-state index contributed by atoms with van der Waals surface area (Å²) in [5.41, 5.74) is 4.09. The molecule has 0 aromatic heterocycles. The van der Waals surface area contributed by atoms with Gasteiger partial charge in [-0.25, -0.2) is 0 Å². The maximum absolute atomic E-state index is 13.7. The van der Waals surface area contributed by atoms with E-state index in [1.165, 1.54) is 0 Å². The van der Waals surface area contributed by atoms with Gasteiger partial charge in [0.25, 0.3) is 5.91 Å². The number of amides is 2. The van der Waals surface area contributed by atoms with Crippen LogP contribution in [0.25, 0.3) is 0 Å². The summed E-state index contributed by atoms with van der Waals surface area (Å²) >= 11 is 0. The fraction of sp³-hybridized carbons (Fsp3) is 0.355. The Morgan fingerprint density at radius 1 is 0.892 bits per heavy atom. The number of ether oxygens (including phenoxy) is 2. The highest BCUT2D eigenvalue weighted by molar-refractivity contribution is 5.88. The molecule has 0 saturated heterocycles. The van der Waals surface area contributed by atoms with Gasteiger partial charge in [-0.05, 0) is 73.7 Å². The maximum atomic E-state index is 13.7. The standard InChI is InChI=1S/C31H38N2O4/c1-6-24(4)32-31(35)29(19-25-11-8-7-9-12-25)33(20-26-13-10-14-27(18-26)36-5)30(34)21-37-28-16-15-22(2)23(3)17-28/h7-18,24,29H,6,19-21H2,1-5H3,(H,32,35)/t24-,29+/m0/s1. The molecule has 0 radical (unpaired) electrons. The molecule has 0 unspecified atom stereocenters. The molecule has 0 aliphatic carbocycles. The van der Waals surface area contributed by atoms with Crippen LogP contribution >= 0.6 is 0 Å². The zero-order valence-corrected chi connectivity index (χ0v) is 22.5. The monoisotopic (exact) mass is 502 g/mol. The quantitative estimate of drug-likeness (QED) is 0.368. The molecule has 3 aromatic rings. The summed E-state index contributed by atoms with van der Waals surface area (Å²) in [5, 5.41) is 3.08. The predicted octanol–water partition coefficient (Wildman–Crippen LogP) is 5.25. The molecule has 0 heterocycles. The van der Waals surface area contributed by atoms with Crippen LogP contribution in [0.4, 0.5) is 0 Å². The lowest BCUT2D eigenvalue weighted by Crippen LogP contribution is -2.53. The molecule has 3 aromatic carbocycles. The third kappa shape index (κ3) is 8.10. The van der Waals surface area contributed by atoms with Gasteiger partial charge in [0.05, 0.1) is 7.11 Å². The van der Waals surface area contributed by atoms with E-state index in [0.717, 1.165) is 28.7 Å². The van der Waals surface area contributed by atoms with Crippen LogP contribution in [-0.2, 0) is 22.6 Å². The number of aryl methyl sites for hydroxylation is 2. The number of hydrogen-bond acceptors (Lipinski definition) is 4. The molecule has 2 amide bonds. The van der Waals surface area contributed by atoms with E-state index in [1.807, 2.05) is 100 Å². The number of carbonyl (C=O) groups excluding carboxylic acids is 2. The van der Waals surface area contributed by atoms with Crippen molar-refractivity contribution in [2.45, 2.75) is 59.2 Å². The minimum Gasteiger partial charge on any atom is -0.497 e. The molecule has 1 N–H and O–H groups in total. The Hall–Kier alpha value is -3.80. The van der Waals surface area contributed by atoms with E-state index in [1.54, 1.807) is 12.0 Å². The third-order valence-corrected chi connectivity index (χ3v) is 6.60. The summed E-state index contributed by atoms with van der Waals surface area (Å²) in [7, 11) is 1.61. The van der Waals surface area contributed by atoms with Crippen molar-refractivity contribution in [1.82, 2.24) is 10.2 Å². The largest absolute Gasteiger partial charge is 0.497 e. The van der Waals surface area contributed by atoms with Crippen molar-refractivity contribution < 1.29 is 19.1 Å². The van der Waals surface area contributed by atoms with E-state index < -0.39 is 6.04 Å². The van der Waals surface area contributed by atoms with E-state index in [-0.39, 0.29) is 31.0 Å². The molecule has 0 bridgehead atoms. The van der Waals surface area contributed by atoms with Crippen molar-refractivity contribution in [3.8, 4) is 11.5 Å². The summed E-state index contributed by atoms with van der Waals surface area (Å²) in [6.07, 6.45) is 1.19. The highest BCUT2D eigenvalue weighted by Crippen LogP contribution is 2.20. The lowest BCUT2D eigenvalue weighted by atomic mass is 10.0. The first-order valence-corrected chi connectivity index (χ1v) is 12.8. The topological polar surface area (TPSA) is 67.9 Å². The second-order valence-corrected chi connectivity index (χ2v) is 9.43. The second kappa shape index (κ2) is 13.5.